The molecule has 242 valence electrons. The first kappa shape index (κ1) is 32.0. The molecule has 0 radical (unpaired) electrons. The molecule has 1 amide bonds. The van der Waals surface area contributed by atoms with Gasteiger partial charge in [-0.2, -0.15) is 0 Å². The minimum absolute atomic E-state index is 0.0107. The van der Waals surface area contributed by atoms with Gasteiger partial charge in [0.1, 0.15) is 5.56 Å². The average Bonchev–Trinajstić information content (AvgIpc) is 3.50. The van der Waals surface area contributed by atoms with Crippen LogP contribution in [-0.2, 0) is 27.8 Å². The quantitative estimate of drug-likeness (QED) is 0.211. The highest BCUT2D eigenvalue weighted by molar-refractivity contribution is 7.90. The Balaban J connectivity index is 1.30. The van der Waals surface area contributed by atoms with Crippen molar-refractivity contribution in [2.24, 2.45) is 0 Å². The van der Waals surface area contributed by atoms with E-state index >= 15 is 0 Å². The van der Waals surface area contributed by atoms with Gasteiger partial charge in [-0.3, -0.25) is 9.59 Å². The second-order valence-corrected chi connectivity index (χ2v) is 12.5. The van der Waals surface area contributed by atoms with Crippen molar-refractivity contribution >= 4 is 32.9 Å². The maximum absolute atomic E-state index is 13.7. The lowest BCUT2D eigenvalue weighted by molar-refractivity contribution is 0.0600. The van der Waals surface area contributed by atoms with Gasteiger partial charge >= 0.3 is 5.97 Å². The minimum Gasteiger partial charge on any atom is -0.465 e. The van der Waals surface area contributed by atoms with Gasteiger partial charge in [-0.05, 0) is 65.2 Å². The SMILES string of the molecule is COC(=O)c1cnc2c(c1)c(-c1cccc(CNC(=O)c3cccn(Cc4ccc(F)c(F)c4)c3=O)c1)cn2S(=O)(=O)c1ccccc1. The Morgan fingerprint density at radius 3 is 2.44 bits per heavy atom. The number of carbonyl (C=O) groups is 2. The van der Waals surface area contributed by atoms with Gasteiger partial charge in [0.05, 0.1) is 24.1 Å². The number of pyridine rings is 2. The predicted molar refractivity (Wildman–Crippen MR) is 173 cm³/mol. The molecule has 48 heavy (non-hydrogen) atoms. The van der Waals surface area contributed by atoms with Crippen LogP contribution in [0.5, 0.6) is 0 Å². The van der Waals surface area contributed by atoms with Crippen molar-refractivity contribution in [2.75, 3.05) is 7.11 Å². The van der Waals surface area contributed by atoms with E-state index < -0.39 is 39.1 Å². The second-order valence-electron chi connectivity index (χ2n) is 10.7. The fraction of sp³-hybridized carbons (Fsp3) is 0.0857. The van der Waals surface area contributed by atoms with Crippen LogP contribution in [0.15, 0.2) is 119 Å². The van der Waals surface area contributed by atoms with Gasteiger partial charge < -0.3 is 14.6 Å². The minimum atomic E-state index is -4.07. The second kappa shape index (κ2) is 13.0. The molecule has 1 N–H and O–H groups in total. The van der Waals surface area contributed by atoms with Crippen molar-refractivity contribution in [1.29, 1.82) is 0 Å². The molecular formula is C35H26F2N4O6S. The van der Waals surface area contributed by atoms with Crippen LogP contribution in [-0.4, -0.2) is 40.9 Å². The molecule has 0 spiro atoms. The molecule has 0 aliphatic heterocycles. The van der Waals surface area contributed by atoms with Crippen LogP contribution in [0, 0.1) is 11.6 Å². The number of hydrogen-bond donors (Lipinski definition) is 1. The van der Waals surface area contributed by atoms with E-state index in [1.165, 1.54) is 66.7 Å². The van der Waals surface area contributed by atoms with E-state index in [0.717, 1.165) is 16.1 Å². The molecule has 0 saturated carbocycles. The standard InChI is InChI=1S/C35H26F2N4O6S/c1-47-35(44)25-17-28-29(21-41(32(28)38-19-25)48(45,46)26-9-3-2-4-10-26)24-8-5-7-22(15-24)18-39-33(42)27-11-6-14-40(34(27)43)20-23-12-13-30(36)31(37)16-23/h2-17,19,21H,18,20H2,1H3,(H,39,42). The van der Waals surface area contributed by atoms with Crippen LogP contribution >= 0.6 is 0 Å². The van der Waals surface area contributed by atoms with Crippen LogP contribution in [0.4, 0.5) is 8.78 Å². The molecule has 3 aromatic carbocycles. The number of rotatable bonds is 9. The summed E-state index contributed by atoms with van der Waals surface area (Å²) in [5.74, 6) is -3.34. The maximum atomic E-state index is 13.7. The molecule has 0 fully saturated rings. The Kier molecular flexibility index (Phi) is 8.70. The van der Waals surface area contributed by atoms with Gasteiger partial charge in [0, 0.05) is 36.1 Å². The van der Waals surface area contributed by atoms with Crippen LogP contribution in [0.1, 0.15) is 31.8 Å². The maximum Gasteiger partial charge on any atom is 0.339 e. The third-order valence-corrected chi connectivity index (χ3v) is 9.29. The molecule has 3 aromatic heterocycles. The first-order valence-electron chi connectivity index (χ1n) is 14.5. The Labute approximate surface area is 272 Å². The van der Waals surface area contributed by atoms with E-state index in [4.69, 9.17) is 4.74 Å². The average molecular weight is 669 g/mol. The van der Waals surface area contributed by atoms with Crippen molar-refractivity contribution in [1.82, 2.24) is 18.8 Å². The normalized spacial score (nSPS) is 11.4. The molecule has 0 atom stereocenters. The van der Waals surface area contributed by atoms with E-state index in [-0.39, 0.29) is 34.8 Å². The van der Waals surface area contributed by atoms with E-state index in [0.29, 0.717) is 27.6 Å². The highest BCUT2D eigenvalue weighted by Gasteiger charge is 2.24. The molecule has 0 unspecified atom stereocenters. The zero-order valence-corrected chi connectivity index (χ0v) is 26.1. The molecule has 13 heteroatoms. The highest BCUT2D eigenvalue weighted by atomic mass is 32.2. The van der Waals surface area contributed by atoms with Crippen molar-refractivity contribution in [3.63, 3.8) is 0 Å². The number of aromatic nitrogens is 3. The fourth-order valence-corrected chi connectivity index (χ4v) is 6.57. The van der Waals surface area contributed by atoms with Gasteiger partial charge in [-0.1, -0.05) is 42.5 Å². The van der Waals surface area contributed by atoms with Crippen molar-refractivity contribution < 1.29 is 31.5 Å². The zero-order valence-electron chi connectivity index (χ0n) is 25.3. The molecule has 10 nitrogen and oxygen atoms in total. The van der Waals surface area contributed by atoms with Gasteiger partial charge in [0.15, 0.2) is 17.3 Å². The number of halogens is 2. The number of nitrogens with zero attached hydrogens (tertiary/aromatic N) is 3. The highest BCUT2D eigenvalue weighted by Crippen LogP contribution is 2.33. The lowest BCUT2D eigenvalue weighted by Gasteiger charge is -2.10. The number of hydrogen-bond acceptors (Lipinski definition) is 7. The zero-order chi connectivity index (χ0) is 34.0. The number of amides is 1. The number of carbonyl (C=O) groups excluding carboxylic acids is 2. The number of esters is 1. The summed E-state index contributed by atoms with van der Waals surface area (Å²) in [7, 11) is -2.84. The summed E-state index contributed by atoms with van der Waals surface area (Å²) in [5.41, 5.74) is 1.47. The molecule has 6 rings (SSSR count). The third-order valence-electron chi connectivity index (χ3n) is 7.63. The Morgan fingerprint density at radius 2 is 1.69 bits per heavy atom. The topological polar surface area (TPSA) is 129 Å². The first-order chi connectivity index (χ1) is 23.1. The molecule has 0 aliphatic rings. The van der Waals surface area contributed by atoms with E-state index in [2.05, 4.69) is 10.3 Å². The Hall–Kier alpha value is -5.95. The van der Waals surface area contributed by atoms with Crippen molar-refractivity contribution in [3.05, 3.63) is 154 Å². The molecule has 3 heterocycles. The molecule has 6 aromatic rings. The van der Waals surface area contributed by atoms with Crippen LogP contribution in [0.3, 0.4) is 0 Å². The van der Waals surface area contributed by atoms with Crippen LogP contribution in [0.25, 0.3) is 22.2 Å². The van der Waals surface area contributed by atoms with Crippen LogP contribution < -0.4 is 10.9 Å². The number of fused-ring (bicyclic) bond motifs is 1. The number of ether oxygens (including phenoxy) is 1. The summed E-state index contributed by atoms with van der Waals surface area (Å²) in [4.78, 5) is 42.9. The van der Waals surface area contributed by atoms with Gasteiger partial charge in [0.2, 0.25) is 0 Å². The summed E-state index contributed by atoms with van der Waals surface area (Å²) in [6.07, 6.45) is 4.12. The fourth-order valence-electron chi connectivity index (χ4n) is 5.22. The summed E-state index contributed by atoms with van der Waals surface area (Å²) in [6.45, 7) is -0.0594. The predicted octanol–water partition coefficient (Wildman–Crippen LogP) is 5.15. The monoisotopic (exact) mass is 668 g/mol. The molecular weight excluding hydrogens is 642 g/mol. The summed E-state index contributed by atoms with van der Waals surface area (Å²) >= 11 is 0. The number of benzene rings is 3. The summed E-state index contributed by atoms with van der Waals surface area (Å²) in [6, 6.07) is 22.5. The largest absolute Gasteiger partial charge is 0.465 e. The smallest absolute Gasteiger partial charge is 0.339 e. The first-order valence-corrected chi connectivity index (χ1v) is 15.9. The lowest BCUT2D eigenvalue weighted by Crippen LogP contribution is -2.32. The third kappa shape index (κ3) is 6.22. The number of methoxy groups -OCH3 is 1. The van der Waals surface area contributed by atoms with Gasteiger partial charge in [0.25, 0.3) is 21.5 Å². The Bertz CT molecular complexity index is 2370. The molecule has 0 saturated heterocycles. The van der Waals surface area contributed by atoms with Crippen molar-refractivity contribution in [3.8, 4) is 11.1 Å². The van der Waals surface area contributed by atoms with E-state index in [1.54, 1.807) is 42.5 Å². The molecule has 0 bridgehead atoms. The lowest BCUT2D eigenvalue weighted by atomic mass is 10.0. The molecule has 0 aliphatic carbocycles. The van der Waals surface area contributed by atoms with Crippen LogP contribution in [0.2, 0.25) is 0 Å². The van der Waals surface area contributed by atoms with Crippen molar-refractivity contribution in [2.45, 2.75) is 18.0 Å². The van der Waals surface area contributed by atoms with Gasteiger partial charge in [-0.25, -0.2) is 30.9 Å². The van der Waals surface area contributed by atoms with E-state index in [1.807, 2.05) is 0 Å². The number of nitrogens with one attached hydrogen (secondary N) is 1. The summed E-state index contributed by atoms with van der Waals surface area (Å²) in [5, 5.41) is 3.10. The summed E-state index contributed by atoms with van der Waals surface area (Å²) < 4.78 is 61.4. The van der Waals surface area contributed by atoms with Gasteiger partial charge in [-0.15, -0.1) is 0 Å². The van der Waals surface area contributed by atoms with E-state index in [9.17, 15) is 31.6 Å². The Morgan fingerprint density at radius 1 is 0.896 bits per heavy atom.